The van der Waals surface area contributed by atoms with Gasteiger partial charge in [-0.15, -0.1) is 0 Å². The summed E-state index contributed by atoms with van der Waals surface area (Å²) in [7, 11) is 0. The van der Waals surface area contributed by atoms with E-state index in [9.17, 15) is 10.1 Å². The van der Waals surface area contributed by atoms with Crippen LogP contribution in [-0.2, 0) is 6.54 Å². The lowest BCUT2D eigenvalue weighted by atomic mass is 10.2. The molecule has 0 saturated carbocycles. The molecule has 0 atom stereocenters. The summed E-state index contributed by atoms with van der Waals surface area (Å²) in [4.78, 5) is 12.3. The molecule has 120 valence electrons. The maximum Gasteiger partial charge on any atom is 0.269 e. The highest BCUT2D eigenvalue weighted by Crippen LogP contribution is 2.17. The highest BCUT2D eigenvalue weighted by molar-refractivity contribution is 7.80. The van der Waals surface area contributed by atoms with Crippen molar-refractivity contribution in [1.82, 2.24) is 4.90 Å². The quantitative estimate of drug-likeness (QED) is 0.506. The molecule has 0 aliphatic carbocycles. The van der Waals surface area contributed by atoms with E-state index in [0.29, 0.717) is 11.7 Å². The third-order valence-corrected chi connectivity index (χ3v) is 3.75. The van der Waals surface area contributed by atoms with Crippen LogP contribution in [0.15, 0.2) is 54.6 Å². The van der Waals surface area contributed by atoms with Gasteiger partial charge in [0.25, 0.3) is 5.69 Å². The van der Waals surface area contributed by atoms with Gasteiger partial charge in [-0.25, -0.2) is 0 Å². The summed E-state index contributed by atoms with van der Waals surface area (Å²) in [5.74, 6) is 0. The number of benzene rings is 2. The van der Waals surface area contributed by atoms with Crippen LogP contribution in [0.4, 0.5) is 11.4 Å². The molecule has 0 aromatic heterocycles. The van der Waals surface area contributed by atoms with Crippen LogP contribution >= 0.6 is 12.2 Å². The maximum atomic E-state index is 10.7. The van der Waals surface area contributed by atoms with E-state index in [1.54, 1.807) is 12.1 Å². The van der Waals surface area contributed by atoms with E-state index in [1.165, 1.54) is 17.7 Å². The second-order valence-electron chi connectivity index (χ2n) is 5.44. The summed E-state index contributed by atoms with van der Waals surface area (Å²) in [6, 6.07) is 16.6. The molecular formula is C17H19N3O2S. The van der Waals surface area contributed by atoms with Crippen LogP contribution < -0.4 is 5.32 Å². The predicted octanol–water partition coefficient (Wildman–Crippen LogP) is 4.20. The number of nitro benzene ring substituents is 1. The lowest BCUT2D eigenvalue weighted by Gasteiger charge is -2.29. The molecule has 2 aromatic rings. The average molecular weight is 329 g/mol. The first-order chi connectivity index (χ1) is 11.0. The zero-order valence-corrected chi connectivity index (χ0v) is 13.9. The van der Waals surface area contributed by atoms with Crippen LogP contribution in [0.3, 0.4) is 0 Å². The molecule has 0 amide bonds. The van der Waals surface area contributed by atoms with E-state index in [0.717, 1.165) is 5.69 Å². The van der Waals surface area contributed by atoms with Gasteiger partial charge < -0.3 is 10.2 Å². The van der Waals surface area contributed by atoms with Crippen molar-refractivity contribution in [1.29, 1.82) is 0 Å². The highest BCUT2D eigenvalue weighted by Gasteiger charge is 2.14. The number of thiocarbonyl (C=S) groups is 1. The number of nitrogens with zero attached hydrogens (tertiary/aromatic N) is 2. The monoisotopic (exact) mass is 329 g/mol. The van der Waals surface area contributed by atoms with Crippen molar-refractivity contribution in [2.24, 2.45) is 0 Å². The molecule has 0 heterocycles. The predicted molar refractivity (Wildman–Crippen MR) is 96.4 cm³/mol. The fourth-order valence-electron chi connectivity index (χ4n) is 2.13. The third-order valence-electron chi connectivity index (χ3n) is 3.41. The Labute approximate surface area is 141 Å². The van der Waals surface area contributed by atoms with E-state index in [-0.39, 0.29) is 11.7 Å². The Balaban J connectivity index is 2.07. The van der Waals surface area contributed by atoms with Gasteiger partial charge in [0.05, 0.1) is 4.92 Å². The third kappa shape index (κ3) is 4.75. The van der Waals surface area contributed by atoms with Crippen molar-refractivity contribution in [2.75, 3.05) is 5.32 Å². The molecule has 0 unspecified atom stereocenters. The molecule has 23 heavy (non-hydrogen) atoms. The summed E-state index contributed by atoms with van der Waals surface area (Å²) >= 11 is 5.50. The first-order valence-electron chi connectivity index (χ1n) is 7.33. The Morgan fingerprint density at radius 3 is 2.30 bits per heavy atom. The van der Waals surface area contributed by atoms with Crippen molar-refractivity contribution in [2.45, 2.75) is 26.4 Å². The van der Waals surface area contributed by atoms with Gasteiger partial charge >= 0.3 is 0 Å². The Morgan fingerprint density at radius 2 is 1.78 bits per heavy atom. The largest absolute Gasteiger partial charge is 0.342 e. The minimum Gasteiger partial charge on any atom is -0.342 e. The molecule has 0 aliphatic rings. The molecule has 0 radical (unpaired) electrons. The van der Waals surface area contributed by atoms with Crippen LogP contribution in [0, 0.1) is 10.1 Å². The number of nitro groups is 1. The SMILES string of the molecule is CC(C)N(Cc1ccccc1)C(=S)Nc1ccc([N+](=O)[O-])cc1. The van der Waals surface area contributed by atoms with Gasteiger partial charge in [-0.05, 0) is 43.8 Å². The smallest absolute Gasteiger partial charge is 0.269 e. The molecule has 0 bridgehead atoms. The van der Waals surface area contributed by atoms with Crippen LogP contribution in [0.5, 0.6) is 0 Å². The van der Waals surface area contributed by atoms with Gasteiger partial charge in [0, 0.05) is 30.4 Å². The van der Waals surface area contributed by atoms with E-state index in [2.05, 4.69) is 36.2 Å². The average Bonchev–Trinajstić information content (AvgIpc) is 2.53. The van der Waals surface area contributed by atoms with Crippen LogP contribution in [0.1, 0.15) is 19.4 Å². The summed E-state index contributed by atoms with van der Waals surface area (Å²) < 4.78 is 0. The fourth-order valence-corrected chi connectivity index (χ4v) is 2.52. The molecule has 0 fully saturated rings. The zero-order valence-electron chi connectivity index (χ0n) is 13.1. The number of hydrogen-bond donors (Lipinski definition) is 1. The lowest BCUT2D eigenvalue weighted by Crippen LogP contribution is -2.39. The summed E-state index contributed by atoms with van der Waals surface area (Å²) in [6.07, 6.45) is 0. The first kappa shape index (κ1) is 16.9. The van der Waals surface area contributed by atoms with E-state index in [1.807, 2.05) is 18.2 Å². The van der Waals surface area contributed by atoms with Crippen molar-refractivity contribution in [3.8, 4) is 0 Å². The van der Waals surface area contributed by atoms with Gasteiger partial charge in [0.2, 0.25) is 0 Å². The van der Waals surface area contributed by atoms with Gasteiger partial charge in [-0.3, -0.25) is 10.1 Å². The highest BCUT2D eigenvalue weighted by atomic mass is 32.1. The molecule has 5 nitrogen and oxygen atoms in total. The lowest BCUT2D eigenvalue weighted by molar-refractivity contribution is -0.384. The molecule has 1 N–H and O–H groups in total. The van der Waals surface area contributed by atoms with Gasteiger partial charge in [0.15, 0.2) is 5.11 Å². The molecule has 0 spiro atoms. The van der Waals surface area contributed by atoms with E-state index in [4.69, 9.17) is 12.2 Å². The van der Waals surface area contributed by atoms with Crippen LogP contribution in [0.25, 0.3) is 0 Å². The summed E-state index contributed by atoms with van der Waals surface area (Å²) in [6.45, 7) is 4.86. The molecule has 0 saturated heterocycles. The Bertz CT molecular complexity index is 672. The summed E-state index contributed by atoms with van der Waals surface area (Å²) in [5, 5.41) is 14.4. The molecule has 2 rings (SSSR count). The fraction of sp³-hybridized carbons (Fsp3) is 0.235. The maximum absolute atomic E-state index is 10.7. The number of non-ortho nitro benzene ring substituents is 1. The zero-order chi connectivity index (χ0) is 16.8. The number of anilines is 1. The second kappa shape index (κ2) is 7.69. The molecule has 2 aromatic carbocycles. The molecule has 6 heteroatoms. The standard InChI is InChI=1S/C17H19N3O2S/c1-13(2)19(12-14-6-4-3-5-7-14)17(23)18-15-8-10-16(11-9-15)20(21)22/h3-11,13H,12H2,1-2H3,(H,18,23). The van der Waals surface area contributed by atoms with Gasteiger partial charge in [0.1, 0.15) is 0 Å². The van der Waals surface area contributed by atoms with Gasteiger partial charge in [-0.2, -0.15) is 0 Å². The van der Waals surface area contributed by atoms with Gasteiger partial charge in [-0.1, -0.05) is 30.3 Å². The van der Waals surface area contributed by atoms with Crippen molar-refractivity contribution in [3.05, 3.63) is 70.3 Å². The minimum atomic E-state index is -0.419. The topological polar surface area (TPSA) is 58.4 Å². The van der Waals surface area contributed by atoms with Crippen molar-refractivity contribution < 1.29 is 4.92 Å². The number of hydrogen-bond acceptors (Lipinski definition) is 3. The second-order valence-corrected chi connectivity index (χ2v) is 5.83. The molecular weight excluding hydrogens is 310 g/mol. The number of nitrogens with one attached hydrogen (secondary N) is 1. The van der Waals surface area contributed by atoms with Crippen LogP contribution in [0.2, 0.25) is 0 Å². The summed E-state index contributed by atoms with van der Waals surface area (Å²) in [5.41, 5.74) is 1.97. The Hall–Kier alpha value is -2.47. The first-order valence-corrected chi connectivity index (χ1v) is 7.74. The van der Waals surface area contributed by atoms with Crippen molar-refractivity contribution >= 4 is 28.7 Å². The normalized spacial score (nSPS) is 10.4. The number of rotatable bonds is 5. The van der Waals surface area contributed by atoms with E-state index >= 15 is 0 Å². The Kier molecular flexibility index (Phi) is 5.65. The minimum absolute atomic E-state index is 0.0615. The van der Waals surface area contributed by atoms with Crippen molar-refractivity contribution in [3.63, 3.8) is 0 Å². The molecule has 0 aliphatic heterocycles. The van der Waals surface area contributed by atoms with Crippen LogP contribution in [-0.4, -0.2) is 21.0 Å². The van der Waals surface area contributed by atoms with E-state index < -0.39 is 4.92 Å². The Morgan fingerprint density at radius 1 is 1.17 bits per heavy atom.